The van der Waals surface area contributed by atoms with Crippen LogP contribution >= 0.6 is 11.3 Å². The first kappa shape index (κ1) is 26.8. The fourth-order valence-corrected chi connectivity index (χ4v) is 11.9. The summed E-state index contributed by atoms with van der Waals surface area (Å²) in [6.45, 7) is 4.85. The van der Waals surface area contributed by atoms with E-state index in [1.807, 2.05) is 11.3 Å². The summed E-state index contributed by atoms with van der Waals surface area (Å²) in [4.78, 5) is 10.8. The molecule has 9 aromatic rings. The van der Waals surface area contributed by atoms with Gasteiger partial charge in [-0.3, -0.25) is 0 Å². The zero-order valence-electron chi connectivity index (χ0n) is 26.0. The van der Waals surface area contributed by atoms with Crippen molar-refractivity contribution in [3.05, 3.63) is 140 Å². The van der Waals surface area contributed by atoms with Crippen molar-refractivity contribution in [1.29, 1.82) is 0 Å². The number of nitrogens with zero attached hydrogens (tertiary/aromatic N) is 3. The second-order valence-electron chi connectivity index (χ2n) is 13.0. The van der Waals surface area contributed by atoms with Crippen LogP contribution in [0.25, 0.3) is 81.4 Å². The van der Waals surface area contributed by atoms with Gasteiger partial charge in [-0.2, -0.15) is 0 Å². The van der Waals surface area contributed by atoms with Crippen LogP contribution in [0.5, 0.6) is 0 Å². The molecule has 0 saturated carbocycles. The van der Waals surface area contributed by atoms with Gasteiger partial charge in [-0.15, -0.1) is 11.3 Å². The van der Waals surface area contributed by atoms with Crippen molar-refractivity contribution < 1.29 is 0 Å². The Bertz CT molecular complexity index is 2720. The average Bonchev–Trinajstić information content (AvgIpc) is 3.74. The van der Waals surface area contributed by atoms with Crippen LogP contribution in [0.3, 0.4) is 0 Å². The number of thiophene rings is 1. The molecule has 3 nitrogen and oxygen atoms in total. The predicted molar refractivity (Wildman–Crippen MR) is 202 cm³/mol. The number of hydrogen-bond donors (Lipinski definition) is 0. The lowest BCUT2D eigenvalue weighted by Crippen LogP contribution is -2.50. The monoisotopic (exact) mass is 635 g/mol. The van der Waals surface area contributed by atoms with Gasteiger partial charge in [0.25, 0.3) is 0 Å². The van der Waals surface area contributed by atoms with E-state index in [1.54, 1.807) is 0 Å². The summed E-state index contributed by atoms with van der Waals surface area (Å²) in [5.74, 6) is 0.783. The summed E-state index contributed by atoms with van der Waals surface area (Å²) in [5.41, 5.74) is 9.24. The lowest BCUT2D eigenvalue weighted by Gasteiger charge is -2.19. The highest BCUT2D eigenvalue weighted by molar-refractivity contribution is 7.26. The second-order valence-corrected chi connectivity index (χ2v) is 18.3. The van der Waals surface area contributed by atoms with Gasteiger partial charge >= 0.3 is 0 Å². The summed E-state index contributed by atoms with van der Waals surface area (Å²) in [6, 6.07) is 50.4. The third kappa shape index (κ3) is 3.78. The standard InChI is InChI=1S/C42H29N3SSi/c1-47(2)36-22-11-8-19-33(36)37-38(26-13-4-3-5-14-26)43-41(44-42(37)47)27-15-12-16-28(25-27)45-34-20-9-6-17-29(34)31-23-24-32-30-18-7-10-21-35(30)46-40(32)39(31)45/h3-25H,1-2H3. The third-order valence-electron chi connectivity index (χ3n) is 9.96. The fraction of sp³-hybridized carbons (Fsp3) is 0.0476. The van der Waals surface area contributed by atoms with E-state index >= 15 is 0 Å². The van der Waals surface area contributed by atoms with E-state index in [0.717, 1.165) is 28.3 Å². The largest absolute Gasteiger partial charge is 0.308 e. The van der Waals surface area contributed by atoms with Gasteiger partial charge < -0.3 is 4.57 Å². The molecule has 222 valence electrons. The zero-order valence-corrected chi connectivity index (χ0v) is 27.8. The first-order valence-electron chi connectivity index (χ1n) is 16.1. The SMILES string of the molecule is C[Si]1(C)c2ccccc2-c2c(-c3ccccc3)nc(-c3cccc(-n4c5ccccc5c5ccc6c7ccccc7sc6c54)c3)nc21. The maximum Gasteiger partial charge on any atom is 0.159 e. The molecule has 0 atom stereocenters. The second kappa shape index (κ2) is 9.82. The van der Waals surface area contributed by atoms with Crippen molar-refractivity contribution in [3.8, 4) is 39.5 Å². The highest BCUT2D eigenvalue weighted by Gasteiger charge is 2.41. The van der Waals surface area contributed by atoms with Crippen molar-refractivity contribution in [3.63, 3.8) is 0 Å². The number of aromatic nitrogens is 3. The Morgan fingerprint density at radius 1 is 0.596 bits per heavy atom. The van der Waals surface area contributed by atoms with Gasteiger partial charge in [0, 0.05) is 53.9 Å². The molecule has 0 amide bonds. The summed E-state index contributed by atoms with van der Waals surface area (Å²) in [7, 11) is -2.05. The Morgan fingerprint density at radius 3 is 2.21 bits per heavy atom. The van der Waals surface area contributed by atoms with Crippen molar-refractivity contribution in [2.24, 2.45) is 0 Å². The van der Waals surface area contributed by atoms with Crippen molar-refractivity contribution in [2.45, 2.75) is 13.1 Å². The van der Waals surface area contributed by atoms with Crippen molar-refractivity contribution in [1.82, 2.24) is 14.5 Å². The van der Waals surface area contributed by atoms with E-state index in [2.05, 4.69) is 157 Å². The molecular weight excluding hydrogens is 607 g/mol. The minimum Gasteiger partial charge on any atom is -0.308 e. The Balaban J connectivity index is 1.24. The minimum atomic E-state index is -2.05. The highest BCUT2D eigenvalue weighted by atomic mass is 32.1. The van der Waals surface area contributed by atoms with E-state index in [9.17, 15) is 0 Å². The average molecular weight is 636 g/mol. The molecule has 5 heteroatoms. The quantitative estimate of drug-likeness (QED) is 0.181. The summed E-state index contributed by atoms with van der Waals surface area (Å²) < 4.78 is 5.08. The van der Waals surface area contributed by atoms with Crippen LogP contribution in [0.4, 0.5) is 0 Å². The van der Waals surface area contributed by atoms with Crippen LogP contribution in [-0.4, -0.2) is 22.6 Å². The minimum absolute atomic E-state index is 0.783. The Hall–Kier alpha value is -5.36. The van der Waals surface area contributed by atoms with Gasteiger partial charge in [-0.1, -0.05) is 128 Å². The molecule has 47 heavy (non-hydrogen) atoms. The number of hydrogen-bond acceptors (Lipinski definition) is 3. The smallest absolute Gasteiger partial charge is 0.159 e. The molecule has 1 aliphatic rings. The molecule has 0 spiro atoms. The Kier molecular flexibility index (Phi) is 5.60. The molecule has 0 bridgehead atoms. The summed E-state index contributed by atoms with van der Waals surface area (Å²) in [5, 5.41) is 7.81. The van der Waals surface area contributed by atoms with Crippen LogP contribution in [0.2, 0.25) is 13.1 Å². The predicted octanol–water partition coefficient (Wildman–Crippen LogP) is 10.1. The molecule has 1 aliphatic heterocycles. The van der Waals surface area contributed by atoms with Crippen LogP contribution in [-0.2, 0) is 0 Å². The fourth-order valence-electron chi connectivity index (χ4n) is 7.76. The lowest BCUT2D eigenvalue weighted by atomic mass is 10.0. The number of benzene rings is 6. The van der Waals surface area contributed by atoms with Gasteiger partial charge in [0.1, 0.15) is 8.07 Å². The van der Waals surface area contributed by atoms with E-state index in [1.165, 1.54) is 63.6 Å². The van der Waals surface area contributed by atoms with Gasteiger partial charge in [0.05, 0.1) is 21.4 Å². The molecule has 3 aromatic heterocycles. The molecule has 0 radical (unpaired) electrons. The third-order valence-corrected chi connectivity index (χ3v) is 14.5. The first-order valence-corrected chi connectivity index (χ1v) is 19.9. The van der Waals surface area contributed by atoms with Crippen LogP contribution in [0, 0.1) is 0 Å². The molecule has 0 N–H and O–H groups in total. The van der Waals surface area contributed by atoms with Crippen molar-refractivity contribution >= 4 is 71.9 Å². The molecule has 0 fully saturated rings. The molecule has 0 saturated heterocycles. The number of rotatable bonds is 3. The van der Waals surface area contributed by atoms with E-state index in [0.29, 0.717) is 0 Å². The zero-order chi connectivity index (χ0) is 31.3. The topological polar surface area (TPSA) is 30.7 Å². The van der Waals surface area contributed by atoms with Crippen LogP contribution < -0.4 is 10.5 Å². The van der Waals surface area contributed by atoms with Gasteiger partial charge in [-0.05, 0) is 35.0 Å². The van der Waals surface area contributed by atoms with Gasteiger partial charge in [-0.25, -0.2) is 9.97 Å². The Labute approximate surface area is 277 Å². The molecule has 6 aromatic carbocycles. The van der Waals surface area contributed by atoms with E-state index in [-0.39, 0.29) is 0 Å². The van der Waals surface area contributed by atoms with Gasteiger partial charge in [0.15, 0.2) is 5.82 Å². The number of fused-ring (bicyclic) bond motifs is 10. The van der Waals surface area contributed by atoms with Crippen LogP contribution in [0.15, 0.2) is 140 Å². The first-order chi connectivity index (χ1) is 23.1. The van der Waals surface area contributed by atoms with Crippen LogP contribution in [0.1, 0.15) is 0 Å². The van der Waals surface area contributed by atoms with Gasteiger partial charge in [0.2, 0.25) is 0 Å². The molecule has 4 heterocycles. The number of para-hydroxylation sites is 1. The molecular formula is C42H29N3SSi. The van der Waals surface area contributed by atoms with E-state index in [4.69, 9.17) is 9.97 Å². The summed E-state index contributed by atoms with van der Waals surface area (Å²) in [6.07, 6.45) is 0. The van der Waals surface area contributed by atoms with Crippen molar-refractivity contribution in [2.75, 3.05) is 0 Å². The Morgan fingerprint density at radius 2 is 1.32 bits per heavy atom. The lowest BCUT2D eigenvalue weighted by molar-refractivity contribution is 1.17. The molecule has 0 aliphatic carbocycles. The maximum absolute atomic E-state index is 5.45. The van der Waals surface area contributed by atoms with E-state index < -0.39 is 8.07 Å². The summed E-state index contributed by atoms with van der Waals surface area (Å²) >= 11 is 1.88. The molecule has 10 rings (SSSR count). The maximum atomic E-state index is 5.45. The molecule has 0 unspecified atom stereocenters. The highest BCUT2D eigenvalue weighted by Crippen LogP contribution is 2.43. The normalized spacial score (nSPS) is 13.5.